The van der Waals surface area contributed by atoms with Crippen molar-refractivity contribution >= 4 is 11.6 Å². The molecule has 4 rings (SSSR count). The van der Waals surface area contributed by atoms with E-state index in [-0.39, 0.29) is 5.92 Å². The number of anilines is 2. The molecule has 4 heterocycles. The minimum atomic E-state index is 0.273. The SMILES string of the molecule is CCNc1ccc(-c2cc(NC[C@@H](C)c3ccnc4c3OCC4)ncn2)cn1. The van der Waals surface area contributed by atoms with Crippen LogP contribution in [0.2, 0.25) is 0 Å². The zero-order valence-corrected chi connectivity index (χ0v) is 16.1. The van der Waals surface area contributed by atoms with Gasteiger partial charge in [-0.25, -0.2) is 15.0 Å². The topological polar surface area (TPSA) is 84.9 Å². The largest absolute Gasteiger partial charge is 0.491 e. The molecule has 1 atom stereocenters. The Hall–Kier alpha value is -3.22. The van der Waals surface area contributed by atoms with Gasteiger partial charge in [-0.2, -0.15) is 0 Å². The van der Waals surface area contributed by atoms with E-state index >= 15 is 0 Å². The van der Waals surface area contributed by atoms with Crippen molar-refractivity contribution in [3.8, 4) is 17.0 Å². The molecule has 0 amide bonds. The molecular weight excluding hydrogens is 352 g/mol. The standard InChI is InChI=1S/C21H24N6O/c1-3-22-19-5-4-15(12-25-19)18-10-20(27-13-26-18)24-11-14(2)16-6-8-23-17-7-9-28-21(16)17/h4-6,8,10,12-14H,3,7,9,11H2,1-2H3,(H,22,25)(H,24,26,27)/t14-/m1/s1. The maximum Gasteiger partial charge on any atom is 0.144 e. The lowest BCUT2D eigenvalue weighted by Gasteiger charge is -2.16. The van der Waals surface area contributed by atoms with Crippen molar-refractivity contribution in [2.45, 2.75) is 26.2 Å². The van der Waals surface area contributed by atoms with E-state index in [1.165, 1.54) is 5.56 Å². The average molecular weight is 376 g/mol. The van der Waals surface area contributed by atoms with Gasteiger partial charge in [0.05, 0.1) is 18.0 Å². The van der Waals surface area contributed by atoms with Crippen molar-refractivity contribution in [3.63, 3.8) is 0 Å². The van der Waals surface area contributed by atoms with Crippen molar-refractivity contribution in [2.75, 3.05) is 30.3 Å². The van der Waals surface area contributed by atoms with Gasteiger partial charge >= 0.3 is 0 Å². The monoisotopic (exact) mass is 376 g/mol. The first-order valence-electron chi connectivity index (χ1n) is 9.61. The summed E-state index contributed by atoms with van der Waals surface area (Å²) in [6.45, 7) is 6.53. The summed E-state index contributed by atoms with van der Waals surface area (Å²) in [4.78, 5) is 17.5. The fourth-order valence-corrected chi connectivity index (χ4v) is 3.30. The van der Waals surface area contributed by atoms with Crippen LogP contribution in [0, 0.1) is 0 Å². The third kappa shape index (κ3) is 3.88. The summed E-state index contributed by atoms with van der Waals surface area (Å²) in [6.07, 6.45) is 6.16. The van der Waals surface area contributed by atoms with E-state index < -0.39 is 0 Å². The molecule has 1 aliphatic heterocycles. The van der Waals surface area contributed by atoms with Crippen LogP contribution in [0.4, 0.5) is 11.6 Å². The normalized spacial score (nSPS) is 13.5. The zero-order chi connectivity index (χ0) is 19.3. The van der Waals surface area contributed by atoms with E-state index in [0.717, 1.165) is 60.5 Å². The smallest absolute Gasteiger partial charge is 0.144 e. The lowest BCUT2D eigenvalue weighted by Crippen LogP contribution is -2.12. The molecule has 7 heteroatoms. The van der Waals surface area contributed by atoms with Gasteiger partial charge in [0.25, 0.3) is 0 Å². The summed E-state index contributed by atoms with van der Waals surface area (Å²) in [5.74, 6) is 2.88. The quantitative estimate of drug-likeness (QED) is 0.652. The third-order valence-corrected chi connectivity index (χ3v) is 4.80. The second-order valence-corrected chi connectivity index (χ2v) is 6.81. The molecule has 3 aromatic heterocycles. The molecule has 7 nitrogen and oxygen atoms in total. The van der Waals surface area contributed by atoms with Gasteiger partial charge in [0.2, 0.25) is 0 Å². The molecule has 3 aromatic rings. The van der Waals surface area contributed by atoms with E-state index in [2.05, 4.69) is 37.5 Å². The summed E-state index contributed by atoms with van der Waals surface area (Å²) in [5, 5.41) is 6.61. The van der Waals surface area contributed by atoms with Crippen molar-refractivity contribution < 1.29 is 4.74 Å². The Balaban J connectivity index is 1.44. The van der Waals surface area contributed by atoms with Gasteiger partial charge < -0.3 is 15.4 Å². The molecule has 0 aromatic carbocycles. The van der Waals surface area contributed by atoms with Crippen molar-refractivity contribution in [2.24, 2.45) is 0 Å². The first kappa shape index (κ1) is 18.2. The molecule has 144 valence electrons. The summed E-state index contributed by atoms with van der Waals surface area (Å²) < 4.78 is 5.78. The predicted molar refractivity (Wildman–Crippen MR) is 110 cm³/mol. The predicted octanol–water partition coefficient (Wildman–Crippen LogP) is 3.52. The molecule has 0 radical (unpaired) electrons. The van der Waals surface area contributed by atoms with E-state index in [9.17, 15) is 0 Å². The summed E-state index contributed by atoms with van der Waals surface area (Å²) >= 11 is 0. The summed E-state index contributed by atoms with van der Waals surface area (Å²) in [6, 6.07) is 7.96. The Morgan fingerprint density at radius 3 is 2.82 bits per heavy atom. The molecule has 1 aliphatic rings. The molecule has 0 spiro atoms. The highest BCUT2D eigenvalue weighted by atomic mass is 16.5. The Morgan fingerprint density at radius 2 is 2.00 bits per heavy atom. The highest BCUT2D eigenvalue weighted by Gasteiger charge is 2.20. The van der Waals surface area contributed by atoms with Gasteiger partial charge in [-0.1, -0.05) is 6.92 Å². The van der Waals surface area contributed by atoms with Gasteiger partial charge in [0, 0.05) is 55.0 Å². The van der Waals surface area contributed by atoms with Gasteiger partial charge in [-0.3, -0.25) is 4.98 Å². The molecule has 28 heavy (non-hydrogen) atoms. The zero-order valence-electron chi connectivity index (χ0n) is 16.1. The van der Waals surface area contributed by atoms with E-state index in [1.807, 2.05) is 43.6 Å². The summed E-state index contributed by atoms with van der Waals surface area (Å²) in [5.41, 5.74) is 4.05. The average Bonchev–Trinajstić information content (AvgIpc) is 3.22. The fraction of sp³-hybridized carbons (Fsp3) is 0.333. The molecular formula is C21H24N6O. The maximum atomic E-state index is 5.78. The number of pyridine rings is 2. The van der Waals surface area contributed by atoms with E-state index in [0.29, 0.717) is 0 Å². The number of ether oxygens (including phenoxy) is 1. The second-order valence-electron chi connectivity index (χ2n) is 6.81. The minimum absolute atomic E-state index is 0.273. The Labute approximate surface area is 164 Å². The molecule has 2 N–H and O–H groups in total. The van der Waals surface area contributed by atoms with Crippen LogP contribution in [0.15, 0.2) is 43.0 Å². The van der Waals surface area contributed by atoms with Gasteiger partial charge in [-0.05, 0) is 25.1 Å². The number of hydrogen-bond donors (Lipinski definition) is 2. The van der Waals surface area contributed by atoms with Crippen molar-refractivity contribution in [1.82, 2.24) is 19.9 Å². The van der Waals surface area contributed by atoms with Crippen LogP contribution in [0.3, 0.4) is 0 Å². The lowest BCUT2D eigenvalue weighted by molar-refractivity contribution is 0.352. The second kappa shape index (κ2) is 8.21. The molecule has 0 saturated carbocycles. The van der Waals surface area contributed by atoms with Crippen LogP contribution >= 0.6 is 0 Å². The lowest BCUT2D eigenvalue weighted by atomic mass is 10.00. The molecule has 0 bridgehead atoms. The van der Waals surface area contributed by atoms with Crippen LogP contribution in [0.5, 0.6) is 5.75 Å². The van der Waals surface area contributed by atoms with E-state index in [4.69, 9.17) is 4.74 Å². The molecule has 0 unspecified atom stereocenters. The van der Waals surface area contributed by atoms with E-state index in [1.54, 1.807) is 6.33 Å². The number of nitrogens with zero attached hydrogens (tertiary/aromatic N) is 4. The van der Waals surface area contributed by atoms with Gasteiger partial charge in [0.15, 0.2) is 0 Å². The minimum Gasteiger partial charge on any atom is -0.491 e. The van der Waals surface area contributed by atoms with Crippen LogP contribution in [-0.4, -0.2) is 39.6 Å². The molecule has 0 fully saturated rings. The first-order chi connectivity index (χ1) is 13.7. The third-order valence-electron chi connectivity index (χ3n) is 4.80. The number of aromatic nitrogens is 4. The van der Waals surface area contributed by atoms with Crippen molar-refractivity contribution in [3.05, 3.63) is 54.2 Å². The van der Waals surface area contributed by atoms with Crippen LogP contribution in [0.25, 0.3) is 11.3 Å². The Morgan fingerprint density at radius 1 is 1.07 bits per heavy atom. The Kier molecular flexibility index (Phi) is 5.32. The van der Waals surface area contributed by atoms with Crippen LogP contribution < -0.4 is 15.4 Å². The van der Waals surface area contributed by atoms with Crippen LogP contribution in [0.1, 0.15) is 31.0 Å². The first-order valence-corrected chi connectivity index (χ1v) is 9.61. The Bertz CT molecular complexity index is 944. The highest BCUT2D eigenvalue weighted by molar-refractivity contribution is 5.62. The number of fused-ring (bicyclic) bond motifs is 1. The van der Waals surface area contributed by atoms with Crippen LogP contribution in [-0.2, 0) is 6.42 Å². The summed E-state index contributed by atoms with van der Waals surface area (Å²) in [7, 11) is 0. The number of hydrogen-bond acceptors (Lipinski definition) is 7. The number of nitrogens with one attached hydrogen (secondary N) is 2. The van der Waals surface area contributed by atoms with Crippen molar-refractivity contribution in [1.29, 1.82) is 0 Å². The highest BCUT2D eigenvalue weighted by Crippen LogP contribution is 2.32. The van der Waals surface area contributed by atoms with Gasteiger partial charge in [0.1, 0.15) is 23.7 Å². The number of rotatable bonds is 7. The fourth-order valence-electron chi connectivity index (χ4n) is 3.30. The molecule has 0 aliphatic carbocycles. The molecule has 0 saturated heterocycles. The maximum absolute atomic E-state index is 5.78. The van der Waals surface area contributed by atoms with Gasteiger partial charge in [-0.15, -0.1) is 0 Å².